The number of aryl methyl sites for hydroxylation is 1. The fourth-order valence-electron chi connectivity index (χ4n) is 2.63. The van der Waals surface area contributed by atoms with Gasteiger partial charge in [0.05, 0.1) is 12.2 Å². The number of carbonyl (C=O) groups excluding carboxylic acids is 1. The van der Waals surface area contributed by atoms with Crippen molar-refractivity contribution in [3.8, 4) is 11.5 Å². The van der Waals surface area contributed by atoms with E-state index in [4.69, 9.17) is 9.15 Å². The maximum atomic E-state index is 12.2. The number of benzene rings is 1. The largest absolute Gasteiger partial charge is 0.444 e. The van der Waals surface area contributed by atoms with Crippen molar-refractivity contribution in [3.05, 3.63) is 41.8 Å². The second-order valence-electron chi connectivity index (χ2n) is 7.92. The summed E-state index contributed by atoms with van der Waals surface area (Å²) >= 11 is 0. The topological polar surface area (TPSA) is 92.0 Å². The third kappa shape index (κ3) is 9.16. The third-order valence-electron chi connectivity index (χ3n) is 4.22. The lowest BCUT2D eigenvalue weighted by Crippen LogP contribution is -2.44. The summed E-state index contributed by atoms with van der Waals surface area (Å²) in [5.74, 6) is 1.21. The van der Waals surface area contributed by atoms with Crippen LogP contribution in [-0.4, -0.2) is 54.2 Å². The van der Waals surface area contributed by atoms with Crippen LogP contribution < -0.4 is 10.6 Å². The number of hydrogen-bond acceptors (Lipinski definition) is 5. The zero-order valence-corrected chi connectivity index (χ0v) is 21.5. The predicted molar refractivity (Wildman–Crippen MR) is 134 cm³/mol. The van der Waals surface area contributed by atoms with Gasteiger partial charge >= 0.3 is 6.09 Å². The van der Waals surface area contributed by atoms with Crippen LogP contribution in [0.15, 0.2) is 39.9 Å². The Morgan fingerprint density at radius 2 is 1.90 bits per heavy atom. The van der Waals surface area contributed by atoms with Gasteiger partial charge in [-0.15, -0.1) is 24.0 Å². The molecule has 1 aromatic carbocycles. The average molecular weight is 543 g/mol. The van der Waals surface area contributed by atoms with Gasteiger partial charge in [-0.2, -0.15) is 0 Å². The molecule has 0 fully saturated rings. The molecular weight excluding hydrogens is 509 g/mol. The van der Waals surface area contributed by atoms with Gasteiger partial charge in [-0.05, 0) is 46.8 Å². The minimum Gasteiger partial charge on any atom is -0.444 e. The van der Waals surface area contributed by atoms with Crippen molar-refractivity contribution in [2.24, 2.45) is 4.99 Å². The van der Waals surface area contributed by atoms with Crippen LogP contribution >= 0.6 is 24.0 Å². The summed E-state index contributed by atoms with van der Waals surface area (Å²) in [5, 5.41) is 6.40. The summed E-state index contributed by atoms with van der Waals surface area (Å²) in [6, 6.07) is 8.03. The minimum absolute atomic E-state index is 0. The zero-order valence-electron chi connectivity index (χ0n) is 19.2. The molecule has 0 saturated carbocycles. The molecule has 0 atom stereocenters. The molecule has 0 aliphatic heterocycles. The van der Waals surface area contributed by atoms with Gasteiger partial charge in [0, 0.05) is 32.2 Å². The molecule has 2 N–H and O–H groups in total. The number of aromatic nitrogens is 1. The van der Waals surface area contributed by atoms with Gasteiger partial charge in [0.1, 0.15) is 11.9 Å². The van der Waals surface area contributed by atoms with Crippen molar-refractivity contribution in [3.63, 3.8) is 0 Å². The fraction of sp³-hybridized carbons (Fsp3) is 0.500. The van der Waals surface area contributed by atoms with Gasteiger partial charge < -0.3 is 24.7 Å². The van der Waals surface area contributed by atoms with E-state index in [1.54, 1.807) is 18.2 Å². The number of oxazole rings is 1. The summed E-state index contributed by atoms with van der Waals surface area (Å²) in [6.45, 7) is 11.6. The van der Waals surface area contributed by atoms with E-state index >= 15 is 0 Å². The molecule has 2 aromatic rings. The smallest absolute Gasteiger partial charge is 0.410 e. The van der Waals surface area contributed by atoms with Crippen LogP contribution in [0, 0.1) is 6.92 Å². The van der Waals surface area contributed by atoms with Crippen LogP contribution in [0.4, 0.5) is 4.79 Å². The monoisotopic (exact) mass is 543 g/mol. The molecule has 0 saturated heterocycles. The number of halogens is 1. The van der Waals surface area contributed by atoms with E-state index in [1.807, 2.05) is 58.9 Å². The van der Waals surface area contributed by atoms with Crippen molar-refractivity contribution in [1.29, 1.82) is 0 Å². The average Bonchev–Trinajstić information content (AvgIpc) is 3.15. The van der Waals surface area contributed by atoms with Gasteiger partial charge in [-0.25, -0.2) is 9.78 Å². The Morgan fingerprint density at radius 1 is 1.23 bits per heavy atom. The normalized spacial score (nSPS) is 11.5. The number of ether oxygens (including phenoxy) is 1. The van der Waals surface area contributed by atoms with E-state index < -0.39 is 5.60 Å². The van der Waals surface area contributed by atoms with Crippen LogP contribution in [0.2, 0.25) is 0 Å². The Kier molecular flexibility index (Phi) is 10.8. The molecular formula is C22H34IN5O3. The molecule has 2 rings (SSSR count). The van der Waals surface area contributed by atoms with Crippen molar-refractivity contribution >= 4 is 36.0 Å². The Labute approximate surface area is 201 Å². The first kappa shape index (κ1) is 26.7. The lowest BCUT2D eigenvalue weighted by Gasteiger charge is -2.26. The number of amides is 1. The summed E-state index contributed by atoms with van der Waals surface area (Å²) in [7, 11) is 1.70. The number of guanidine groups is 1. The lowest BCUT2D eigenvalue weighted by atomic mass is 10.1. The maximum absolute atomic E-state index is 12.2. The molecule has 9 heteroatoms. The predicted octanol–water partition coefficient (Wildman–Crippen LogP) is 4.19. The highest BCUT2D eigenvalue weighted by molar-refractivity contribution is 14.0. The number of nitrogens with zero attached hydrogens (tertiary/aromatic N) is 3. The fourth-order valence-corrected chi connectivity index (χ4v) is 2.63. The number of likely N-dealkylation sites (N-methyl/N-ethyl adjacent to an activating group) is 1. The summed E-state index contributed by atoms with van der Waals surface area (Å²) in [6.07, 6.45) is 1.32. The molecule has 0 aliphatic rings. The summed E-state index contributed by atoms with van der Waals surface area (Å²) < 4.78 is 11.0. The first-order chi connectivity index (χ1) is 14.2. The van der Waals surface area contributed by atoms with Crippen LogP contribution in [0.3, 0.4) is 0 Å². The number of aliphatic imine (C=N–C) groups is 1. The quantitative estimate of drug-likeness (QED) is 0.309. The van der Waals surface area contributed by atoms with Crippen LogP contribution in [0.1, 0.15) is 39.0 Å². The van der Waals surface area contributed by atoms with E-state index in [2.05, 4.69) is 20.6 Å². The van der Waals surface area contributed by atoms with Crippen molar-refractivity contribution in [2.45, 2.75) is 46.8 Å². The van der Waals surface area contributed by atoms with Crippen LogP contribution in [0.5, 0.6) is 0 Å². The highest BCUT2D eigenvalue weighted by atomic mass is 127. The number of nitrogens with one attached hydrogen (secondary N) is 2. The first-order valence-corrected chi connectivity index (χ1v) is 10.2. The van der Waals surface area contributed by atoms with E-state index in [0.29, 0.717) is 38.0 Å². The van der Waals surface area contributed by atoms with Gasteiger partial charge in [-0.3, -0.25) is 4.99 Å². The maximum Gasteiger partial charge on any atom is 0.410 e. The molecule has 0 radical (unpaired) electrons. The second kappa shape index (κ2) is 12.5. The number of carbonyl (C=O) groups is 1. The van der Waals surface area contributed by atoms with Gasteiger partial charge in [-0.1, -0.05) is 17.7 Å². The van der Waals surface area contributed by atoms with Crippen LogP contribution in [-0.2, 0) is 11.3 Å². The van der Waals surface area contributed by atoms with E-state index in [0.717, 1.165) is 11.3 Å². The Balaban J connectivity index is 0.00000480. The van der Waals surface area contributed by atoms with E-state index in [-0.39, 0.29) is 30.1 Å². The molecule has 0 unspecified atom stereocenters. The first-order valence-electron chi connectivity index (χ1n) is 10.2. The van der Waals surface area contributed by atoms with Crippen molar-refractivity contribution in [1.82, 2.24) is 20.5 Å². The SMILES string of the molecule is CCN(CCNC(=NC)NCc1coc(-c2ccc(C)cc2)n1)C(=O)OC(C)(C)C.I. The Morgan fingerprint density at radius 3 is 2.48 bits per heavy atom. The molecule has 1 aromatic heterocycles. The molecule has 0 spiro atoms. The molecule has 172 valence electrons. The molecule has 8 nitrogen and oxygen atoms in total. The molecule has 0 bridgehead atoms. The van der Waals surface area contributed by atoms with Gasteiger partial charge in [0.15, 0.2) is 5.96 Å². The Hall–Kier alpha value is -2.30. The zero-order chi connectivity index (χ0) is 22.1. The van der Waals surface area contributed by atoms with Gasteiger partial charge in [0.2, 0.25) is 5.89 Å². The lowest BCUT2D eigenvalue weighted by molar-refractivity contribution is 0.0264. The molecule has 1 heterocycles. The van der Waals surface area contributed by atoms with E-state index in [9.17, 15) is 4.79 Å². The van der Waals surface area contributed by atoms with E-state index in [1.165, 1.54) is 5.56 Å². The Bertz CT molecular complexity index is 844. The van der Waals surface area contributed by atoms with Crippen molar-refractivity contribution < 1.29 is 13.9 Å². The second-order valence-corrected chi connectivity index (χ2v) is 7.92. The number of rotatable bonds is 7. The highest BCUT2D eigenvalue weighted by Crippen LogP contribution is 2.19. The van der Waals surface area contributed by atoms with Crippen molar-refractivity contribution in [2.75, 3.05) is 26.7 Å². The third-order valence-corrected chi connectivity index (χ3v) is 4.22. The molecule has 1 amide bonds. The standard InChI is InChI=1S/C22H33N5O3.HI/c1-7-27(21(28)30-22(3,4)5)13-12-24-20(23-6)25-14-18-15-29-19(26-18)17-10-8-16(2)9-11-17;/h8-11,15H,7,12-14H2,1-6H3,(H2,23,24,25);1H. The summed E-state index contributed by atoms with van der Waals surface area (Å²) in [4.78, 5) is 22.6. The molecule has 31 heavy (non-hydrogen) atoms. The summed E-state index contributed by atoms with van der Waals surface area (Å²) in [5.41, 5.74) is 2.40. The highest BCUT2D eigenvalue weighted by Gasteiger charge is 2.20. The van der Waals surface area contributed by atoms with Crippen LogP contribution in [0.25, 0.3) is 11.5 Å². The molecule has 0 aliphatic carbocycles. The number of hydrogen-bond donors (Lipinski definition) is 2. The minimum atomic E-state index is -0.509. The van der Waals surface area contributed by atoms with Gasteiger partial charge in [0.25, 0.3) is 0 Å².